The van der Waals surface area contributed by atoms with Crippen molar-refractivity contribution in [1.29, 1.82) is 0 Å². The third-order valence-electron chi connectivity index (χ3n) is 3.63. The highest BCUT2D eigenvalue weighted by molar-refractivity contribution is 6.32. The van der Waals surface area contributed by atoms with E-state index in [1.807, 2.05) is 13.0 Å². The van der Waals surface area contributed by atoms with Crippen molar-refractivity contribution < 1.29 is 14.6 Å². The van der Waals surface area contributed by atoms with Gasteiger partial charge >= 0.3 is 0 Å². The molecule has 1 aromatic rings. The Balaban J connectivity index is 1.76. The molecule has 1 aliphatic rings. The SMILES string of the molecule is Cc1ccc(Cl)c(OCC(=O)NCC2CCCC2O)c1. The summed E-state index contributed by atoms with van der Waals surface area (Å²) in [7, 11) is 0. The van der Waals surface area contributed by atoms with Gasteiger partial charge in [0, 0.05) is 12.5 Å². The van der Waals surface area contributed by atoms with Crippen LogP contribution in [-0.2, 0) is 4.79 Å². The van der Waals surface area contributed by atoms with E-state index in [0.29, 0.717) is 17.3 Å². The fraction of sp³-hybridized carbons (Fsp3) is 0.533. The number of benzene rings is 1. The number of hydrogen-bond acceptors (Lipinski definition) is 3. The fourth-order valence-electron chi connectivity index (χ4n) is 2.42. The van der Waals surface area contributed by atoms with Gasteiger partial charge in [0.25, 0.3) is 5.91 Å². The Morgan fingerprint density at radius 3 is 3.00 bits per heavy atom. The van der Waals surface area contributed by atoms with Crippen molar-refractivity contribution in [2.45, 2.75) is 32.3 Å². The van der Waals surface area contributed by atoms with E-state index in [0.717, 1.165) is 24.8 Å². The van der Waals surface area contributed by atoms with Crippen LogP contribution < -0.4 is 10.1 Å². The first-order chi connectivity index (χ1) is 9.56. The molecule has 20 heavy (non-hydrogen) atoms. The Kier molecular flexibility index (Phi) is 5.26. The van der Waals surface area contributed by atoms with Crippen molar-refractivity contribution >= 4 is 17.5 Å². The average Bonchev–Trinajstić information content (AvgIpc) is 2.83. The molecule has 1 aliphatic carbocycles. The van der Waals surface area contributed by atoms with Gasteiger partial charge in [-0.05, 0) is 37.5 Å². The standard InChI is InChI=1S/C15H20ClNO3/c1-10-5-6-12(16)14(7-10)20-9-15(19)17-8-11-3-2-4-13(11)18/h5-7,11,13,18H,2-4,8-9H2,1H3,(H,17,19). The summed E-state index contributed by atoms with van der Waals surface area (Å²) in [4.78, 5) is 11.7. The third-order valence-corrected chi connectivity index (χ3v) is 3.94. The summed E-state index contributed by atoms with van der Waals surface area (Å²) in [6.45, 7) is 2.38. The summed E-state index contributed by atoms with van der Waals surface area (Å²) in [6.07, 6.45) is 2.53. The summed E-state index contributed by atoms with van der Waals surface area (Å²) < 4.78 is 5.41. The first-order valence-electron chi connectivity index (χ1n) is 6.90. The Bertz CT molecular complexity index is 478. The average molecular weight is 298 g/mol. The van der Waals surface area contributed by atoms with Gasteiger partial charge in [-0.25, -0.2) is 0 Å². The van der Waals surface area contributed by atoms with Crippen LogP contribution in [0.25, 0.3) is 0 Å². The van der Waals surface area contributed by atoms with Crippen molar-refractivity contribution in [3.63, 3.8) is 0 Å². The Morgan fingerprint density at radius 1 is 1.50 bits per heavy atom. The topological polar surface area (TPSA) is 58.6 Å². The largest absolute Gasteiger partial charge is 0.482 e. The molecule has 110 valence electrons. The number of carbonyl (C=O) groups is 1. The molecule has 0 aliphatic heterocycles. The lowest BCUT2D eigenvalue weighted by Crippen LogP contribution is -2.35. The highest BCUT2D eigenvalue weighted by atomic mass is 35.5. The van der Waals surface area contributed by atoms with E-state index in [1.54, 1.807) is 12.1 Å². The zero-order chi connectivity index (χ0) is 14.5. The minimum absolute atomic E-state index is 0.0635. The molecular formula is C15H20ClNO3. The molecular weight excluding hydrogens is 278 g/mol. The molecule has 4 nitrogen and oxygen atoms in total. The summed E-state index contributed by atoms with van der Waals surface area (Å²) in [5.74, 6) is 0.492. The molecule has 0 saturated heterocycles. The summed E-state index contributed by atoms with van der Waals surface area (Å²) in [6, 6.07) is 5.44. The van der Waals surface area contributed by atoms with E-state index < -0.39 is 0 Å². The molecule has 0 spiro atoms. The van der Waals surface area contributed by atoms with E-state index in [2.05, 4.69) is 5.32 Å². The number of nitrogens with one attached hydrogen (secondary N) is 1. The van der Waals surface area contributed by atoms with Crippen molar-refractivity contribution in [2.24, 2.45) is 5.92 Å². The number of ether oxygens (including phenoxy) is 1. The molecule has 0 radical (unpaired) electrons. The van der Waals surface area contributed by atoms with Crippen LogP contribution in [0, 0.1) is 12.8 Å². The molecule has 0 bridgehead atoms. The molecule has 2 atom stereocenters. The Labute approximate surface area is 124 Å². The predicted molar refractivity (Wildman–Crippen MR) is 78.0 cm³/mol. The molecule has 5 heteroatoms. The molecule has 2 rings (SSSR count). The van der Waals surface area contributed by atoms with Crippen LogP contribution >= 0.6 is 11.6 Å². The van der Waals surface area contributed by atoms with Gasteiger partial charge in [-0.1, -0.05) is 24.1 Å². The lowest BCUT2D eigenvalue weighted by Gasteiger charge is -2.15. The molecule has 0 heterocycles. The van der Waals surface area contributed by atoms with Gasteiger partial charge < -0.3 is 15.2 Å². The second kappa shape index (κ2) is 6.95. The van der Waals surface area contributed by atoms with Crippen molar-refractivity contribution in [2.75, 3.05) is 13.2 Å². The monoisotopic (exact) mass is 297 g/mol. The van der Waals surface area contributed by atoms with E-state index >= 15 is 0 Å². The van der Waals surface area contributed by atoms with Crippen LogP contribution in [0.5, 0.6) is 5.75 Å². The maximum absolute atomic E-state index is 11.7. The van der Waals surface area contributed by atoms with Gasteiger partial charge in [-0.15, -0.1) is 0 Å². The molecule has 2 N–H and O–H groups in total. The van der Waals surface area contributed by atoms with Gasteiger partial charge in [-0.2, -0.15) is 0 Å². The summed E-state index contributed by atoms with van der Waals surface area (Å²) in [5.41, 5.74) is 1.03. The fourth-order valence-corrected chi connectivity index (χ4v) is 2.59. The molecule has 1 saturated carbocycles. The number of aryl methyl sites for hydroxylation is 1. The summed E-state index contributed by atoms with van der Waals surface area (Å²) in [5, 5.41) is 13.0. The van der Waals surface area contributed by atoms with Crippen LogP contribution in [-0.4, -0.2) is 30.3 Å². The highest BCUT2D eigenvalue weighted by Crippen LogP contribution is 2.25. The van der Waals surface area contributed by atoms with Gasteiger partial charge in [0.15, 0.2) is 6.61 Å². The van der Waals surface area contributed by atoms with Gasteiger partial charge in [0.2, 0.25) is 0 Å². The zero-order valence-corrected chi connectivity index (χ0v) is 12.3. The number of rotatable bonds is 5. The minimum atomic E-state index is -0.289. The highest BCUT2D eigenvalue weighted by Gasteiger charge is 2.25. The number of hydrogen-bond donors (Lipinski definition) is 2. The second-order valence-electron chi connectivity index (χ2n) is 5.28. The van der Waals surface area contributed by atoms with Crippen LogP contribution in [0.15, 0.2) is 18.2 Å². The first kappa shape index (κ1) is 15.1. The Hall–Kier alpha value is -1.26. The quantitative estimate of drug-likeness (QED) is 0.877. The maximum Gasteiger partial charge on any atom is 0.257 e. The van der Waals surface area contributed by atoms with Gasteiger partial charge in [0.05, 0.1) is 11.1 Å². The molecule has 1 fully saturated rings. The first-order valence-corrected chi connectivity index (χ1v) is 7.28. The second-order valence-corrected chi connectivity index (χ2v) is 5.69. The van der Waals surface area contributed by atoms with Crippen LogP contribution in [0.4, 0.5) is 0 Å². The number of amides is 1. The molecule has 0 aromatic heterocycles. The van der Waals surface area contributed by atoms with Gasteiger partial charge in [0.1, 0.15) is 5.75 Å². The lowest BCUT2D eigenvalue weighted by molar-refractivity contribution is -0.123. The normalized spacial score (nSPS) is 21.8. The minimum Gasteiger partial charge on any atom is -0.482 e. The third kappa shape index (κ3) is 4.12. The lowest BCUT2D eigenvalue weighted by atomic mass is 10.1. The molecule has 1 amide bonds. The van der Waals surface area contributed by atoms with E-state index in [4.69, 9.17) is 16.3 Å². The van der Waals surface area contributed by atoms with Gasteiger partial charge in [-0.3, -0.25) is 4.79 Å². The van der Waals surface area contributed by atoms with Crippen molar-refractivity contribution in [1.82, 2.24) is 5.32 Å². The van der Waals surface area contributed by atoms with Crippen LogP contribution in [0.2, 0.25) is 5.02 Å². The smallest absolute Gasteiger partial charge is 0.257 e. The van der Waals surface area contributed by atoms with E-state index in [1.165, 1.54) is 0 Å². The summed E-state index contributed by atoms with van der Waals surface area (Å²) >= 11 is 5.99. The van der Waals surface area contributed by atoms with Crippen LogP contribution in [0.1, 0.15) is 24.8 Å². The zero-order valence-electron chi connectivity index (χ0n) is 11.6. The van der Waals surface area contributed by atoms with E-state index in [-0.39, 0.29) is 24.5 Å². The number of aliphatic hydroxyl groups is 1. The molecule has 2 unspecified atom stereocenters. The van der Waals surface area contributed by atoms with Crippen LogP contribution in [0.3, 0.4) is 0 Å². The number of halogens is 1. The molecule has 1 aromatic carbocycles. The maximum atomic E-state index is 11.7. The van der Waals surface area contributed by atoms with Crippen molar-refractivity contribution in [3.05, 3.63) is 28.8 Å². The van der Waals surface area contributed by atoms with Crippen molar-refractivity contribution in [3.8, 4) is 5.75 Å². The number of carbonyl (C=O) groups excluding carboxylic acids is 1. The number of aliphatic hydroxyl groups excluding tert-OH is 1. The predicted octanol–water partition coefficient (Wildman–Crippen LogP) is 2.30. The van der Waals surface area contributed by atoms with E-state index in [9.17, 15) is 9.90 Å². The Morgan fingerprint density at radius 2 is 2.30 bits per heavy atom.